The van der Waals surface area contributed by atoms with Crippen molar-refractivity contribution in [2.24, 2.45) is 0 Å². The Kier molecular flexibility index (Phi) is 4.12. The molecule has 0 amide bonds. The van der Waals surface area contributed by atoms with Crippen molar-refractivity contribution in [1.82, 2.24) is 0 Å². The number of carbonyl (C=O) groups excluding carboxylic acids is 4. The number of hydrogen-bond acceptors (Lipinski definition) is 6. The van der Waals surface area contributed by atoms with Crippen LogP contribution in [0.3, 0.4) is 0 Å². The third-order valence-electron chi connectivity index (χ3n) is 3.05. The molecule has 120 valence electrons. The van der Waals surface area contributed by atoms with E-state index in [-0.39, 0.29) is 20.4 Å². The van der Waals surface area contributed by atoms with E-state index in [1.54, 1.807) is 24.3 Å². The van der Waals surface area contributed by atoms with E-state index in [9.17, 15) is 19.2 Å². The fraction of sp³-hybridized carbons (Fsp3) is 0.333. The van der Waals surface area contributed by atoms with Gasteiger partial charge in [0.25, 0.3) is 0 Å². The van der Waals surface area contributed by atoms with Gasteiger partial charge in [0.05, 0.1) is 0 Å². The summed E-state index contributed by atoms with van der Waals surface area (Å²) in [5.74, 6) is -1.89. The van der Waals surface area contributed by atoms with Crippen LogP contribution in [0.25, 0.3) is 0 Å². The molecule has 0 saturated carbocycles. The summed E-state index contributed by atoms with van der Waals surface area (Å²) in [6.45, 7) is 3.69. The Morgan fingerprint density at radius 2 is 1.59 bits per heavy atom. The average molecular weight is 420 g/mol. The predicted octanol–water partition coefficient (Wildman–Crippen LogP) is 2.18. The van der Waals surface area contributed by atoms with Crippen LogP contribution in [0.5, 0.6) is 0 Å². The quantitative estimate of drug-likeness (QED) is 0.548. The van der Waals surface area contributed by atoms with Crippen LogP contribution >= 0.6 is 17.9 Å². The first-order valence-corrected chi connectivity index (χ1v) is 12.4. The second kappa shape index (κ2) is 5.45. The van der Waals surface area contributed by atoms with Gasteiger partial charge >= 0.3 is 130 Å². The van der Waals surface area contributed by atoms with E-state index in [1.807, 2.05) is 0 Å². The maximum atomic E-state index is 12.4. The van der Waals surface area contributed by atoms with E-state index in [4.69, 9.17) is 6.13 Å². The average Bonchev–Trinajstić information content (AvgIpc) is 2.57. The van der Waals surface area contributed by atoms with Gasteiger partial charge in [-0.15, -0.1) is 0 Å². The van der Waals surface area contributed by atoms with Crippen LogP contribution in [0.4, 0.5) is 0 Å². The Balaban J connectivity index is 2.80. The maximum absolute atomic E-state index is 12.4. The molecule has 22 heavy (non-hydrogen) atoms. The molecular weight excluding hydrogens is 403 g/mol. The molecule has 0 unspecified atom stereocenters. The number of ketones is 2. The fourth-order valence-electron chi connectivity index (χ4n) is 2.66. The van der Waals surface area contributed by atoms with Crippen molar-refractivity contribution in [3.63, 3.8) is 0 Å². The number of hydrogen-bond donors (Lipinski definition) is 0. The van der Waals surface area contributed by atoms with Gasteiger partial charge in [-0.05, 0) is 0 Å². The first-order chi connectivity index (χ1) is 10.2. The molecule has 0 aliphatic carbocycles. The van der Waals surface area contributed by atoms with E-state index in [0.717, 1.165) is 0 Å². The topological polar surface area (TPSA) is 86.7 Å². The first kappa shape index (κ1) is 16.6. The summed E-state index contributed by atoms with van der Waals surface area (Å²) in [6.07, 6.45) is 0. The summed E-state index contributed by atoms with van der Waals surface area (Å²) in [5, 5.41) is 0. The number of alkyl halides is 2. The Hall–Kier alpha value is -1.77. The molecule has 1 aromatic carbocycles. The molecule has 2 rings (SSSR count). The molecule has 1 heterocycles. The normalized spacial score (nSPS) is 19.4. The molecule has 1 aromatic rings. The van der Waals surface area contributed by atoms with Crippen molar-refractivity contribution in [2.75, 3.05) is 8.86 Å². The number of carbonyl (C=O) groups is 4. The zero-order chi connectivity index (χ0) is 16.6. The Morgan fingerprint density at radius 3 is 2.09 bits per heavy atom. The molecule has 1 aliphatic heterocycles. The van der Waals surface area contributed by atoms with Gasteiger partial charge in [0.1, 0.15) is 0 Å². The van der Waals surface area contributed by atoms with Crippen LogP contribution in [0.15, 0.2) is 24.3 Å². The van der Waals surface area contributed by atoms with Gasteiger partial charge < -0.3 is 0 Å². The zero-order valence-corrected chi connectivity index (χ0v) is 14.7. The molecule has 0 saturated heterocycles. The molecule has 0 aromatic heterocycles. The van der Waals surface area contributed by atoms with Crippen LogP contribution in [-0.4, -0.2) is 32.4 Å². The van der Waals surface area contributed by atoms with Crippen molar-refractivity contribution in [2.45, 2.75) is 20.8 Å². The van der Waals surface area contributed by atoms with E-state index in [0.29, 0.717) is 9.13 Å². The number of rotatable bonds is 4. The molecule has 0 N–H and O–H groups in total. The molecule has 0 radical (unpaired) electrons. The molecule has 0 fully saturated rings. The summed E-state index contributed by atoms with van der Waals surface area (Å²) in [7, 11) is 0. The summed E-state index contributed by atoms with van der Waals surface area (Å²) in [5.41, 5.74) is 0.361. The van der Waals surface area contributed by atoms with Gasteiger partial charge in [-0.2, -0.15) is 0 Å². The predicted molar refractivity (Wildman–Crippen MR) is 87.4 cm³/mol. The minimum absolute atomic E-state index is 0.219. The Bertz CT molecular complexity index is 640. The third kappa shape index (κ3) is 2.65. The van der Waals surface area contributed by atoms with Gasteiger partial charge in [-0.25, -0.2) is 0 Å². The zero-order valence-electron chi connectivity index (χ0n) is 12.6. The second-order valence-electron chi connectivity index (χ2n) is 5.12. The molecular formula is C15H17IO6. The van der Waals surface area contributed by atoms with Crippen LogP contribution in [-0.2, 0) is 20.5 Å². The summed E-state index contributed by atoms with van der Waals surface area (Å²) < 4.78 is 11.1. The monoisotopic (exact) mass is 420 g/mol. The third-order valence-corrected chi connectivity index (χ3v) is 14.7. The van der Waals surface area contributed by atoms with Gasteiger partial charge in [0.2, 0.25) is 0 Å². The van der Waals surface area contributed by atoms with Gasteiger partial charge in [0, 0.05) is 0 Å². The van der Waals surface area contributed by atoms with E-state index < -0.39 is 29.8 Å². The number of fused-ring (bicyclic) bond motifs is 1. The summed E-state index contributed by atoms with van der Waals surface area (Å²) >= 11 is -5.03. The standard InChI is InChI=1S/C15H17IO6/c1-10(17)8-16(21-11(2)18,22-12(3)19)9-15(20)13-6-4-5-7-14(13)16/h4-7H,8-9H2,1-3H3. The van der Waals surface area contributed by atoms with Crippen molar-refractivity contribution in [1.29, 1.82) is 0 Å². The number of halogens is 1. The Labute approximate surface area is 129 Å². The minimum atomic E-state index is -5.03. The van der Waals surface area contributed by atoms with Crippen LogP contribution < -0.4 is 0 Å². The Morgan fingerprint density at radius 1 is 1.05 bits per heavy atom. The van der Waals surface area contributed by atoms with E-state index in [2.05, 4.69) is 0 Å². The van der Waals surface area contributed by atoms with Gasteiger partial charge in [0.15, 0.2) is 0 Å². The summed E-state index contributed by atoms with van der Waals surface area (Å²) in [4.78, 5) is 47.6. The first-order valence-electron chi connectivity index (χ1n) is 6.54. The van der Waals surface area contributed by atoms with Crippen LogP contribution in [0, 0.1) is 3.57 Å². The molecule has 0 bridgehead atoms. The molecule has 1 aliphatic rings. The van der Waals surface area contributed by atoms with Crippen LogP contribution in [0.1, 0.15) is 31.1 Å². The van der Waals surface area contributed by atoms with E-state index >= 15 is 0 Å². The van der Waals surface area contributed by atoms with Crippen molar-refractivity contribution in [3.8, 4) is 0 Å². The van der Waals surface area contributed by atoms with Crippen molar-refractivity contribution in [3.05, 3.63) is 33.4 Å². The van der Waals surface area contributed by atoms with Crippen molar-refractivity contribution < 1.29 is 25.3 Å². The number of Topliss-reactive ketones (excluding diaryl/α,β-unsaturated/α-hetero) is 2. The van der Waals surface area contributed by atoms with Gasteiger partial charge in [-0.3, -0.25) is 0 Å². The second-order valence-corrected chi connectivity index (χ2v) is 15.0. The molecule has 6 nitrogen and oxygen atoms in total. The fourth-order valence-corrected chi connectivity index (χ4v) is 14.6. The molecule has 0 atom stereocenters. The number of benzene rings is 1. The van der Waals surface area contributed by atoms with Crippen molar-refractivity contribution >= 4 is 41.4 Å². The molecule has 7 heteroatoms. The van der Waals surface area contributed by atoms with Gasteiger partial charge in [-0.1, -0.05) is 0 Å². The van der Waals surface area contributed by atoms with E-state index in [1.165, 1.54) is 20.8 Å². The van der Waals surface area contributed by atoms with Crippen LogP contribution in [0.2, 0.25) is 0 Å². The summed E-state index contributed by atoms with van der Waals surface area (Å²) in [6, 6.07) is 6.56. The SMILES string of the molecule is CC(=O)CI1(OC(C)=O)(OC(C)=O)CC(=O)c2ccccc21. The molecule has 0 spiro atoms.